The molecule has 4 aromatic rings. The maximum Gasteiger partial charge on any atom is 0.275 e. The highest BCUT2D eigenvalue weighted by molar-refractivity contribution is 5.80. The number of nitrogens with zero attached hydrogens (tertiary/aromatic N) is 2. The molecule has 0 fully saturated rings. The molecule has 2 aromatic heterocycles. The fraction of sp³-hybridized carbons (Fsp3) is 0.167. The van der Waals surface area contributed by atoms with Gasteiger partial charge in [0.25, 0.3) is 5.56 Å². The van der Waals surface area contributed by atoms with Gasteiger partial charge in [-0.15, -0.1) is 0 Å². The number of carbonyl (C=O) groups is 1. The minimum atomic E-state index is -0.322. The third-order valence-corrected chi connectivity index (χ3v) is 5.13. The van der Waals surface area contributed by atoms with Gasteiger partial charge in [-0.05, 0) is 35.9 Å². The van der Waals surface area contributed by atoms with E-state index in [0.717, 1.165) is 10.9 Å². The summed E-state index contributed by atoms with van der Waals surface area (Å²) in [6.07, 6.45) is 3.36. The zero-order chi connectivity index (χ0) is 21.8. The Bertz CT molecular complexity index is 1290. The third kappa shape index (κ3) is 4.50. The maximum atomic E-state index is 14.0. The molecule has 7 heteroatoms. The lowest BCUT2D eigenvalue weighted by molar-refractivity contribution is -0.121. The van der Waals surface area contributed by atoms with Crippen molar-refractivity contribution < 1.29 is 13.9 Å². The number of nitrogens with one attached hydrogen (secondary N) is 1. The van der Waals surface area contributed by atoms with Crippen LogP contribution < -0.4 is 15.6 Å². The van der Waals surface area contributed by atoms with E-state index in [9.17, 15) is 14.0 Å². The molecule has 2 aromatic carbocycles. The molecule has 0 unspecified atom stereocenters. The number of carbonyl (C=O) groups excluding carboxylic acids is 1. The minimum Gasteiger partial charge on any atom is -0.497 e. The Hall–Kier alpha value is -3.87. The van der Waals surface area contributed by atoms with E-state index >= 15 is 0 Å². The largest absolute Gasteiger partial charge is 0.497 e. The van der Waals surface area contributed by atoms with Crippen molar-refractivity contribution in [2.75, 3.05) is 7.11 Å². The van der Waals surface area contributed by atoms with Gasteiger partial charge in [0.2, 0.25) is 5.91 Å². The van der Waals surface area contributed by atoms with Crippen molar-refractivity contribution in [1.29, 1.82) is 0 Å². The summed E-state index contributed by atoms with van der Waals surface area (Å²) >= 11 is 0. The van der Waals surface area contributed by atoms with Crippen LogP contribution in [0.1, 0.15) is 11.1 Å². The average molecular weight is 419 g/mol. The summed E-state index contributed by atoms with van der Waals surface area (Å²) in [5.74, 6) is 0.109. The summed E-state index contributed by atoms with van der Waals surface area (Å²) in [6, 6.07) is 17.5. The first-order valence-electron chi connectivity index (χ1n) is 9.86. The molecule has 31 heavy (non-hydrogen) atoms. The van der Waals surface area contributed by atoms with E-state index in [1.807, 2.05) is 30.3 Å². The molecule has 0 spiro atoms. The second kappa shape index (κ2) is 8.87. The van der Waals surface area contributed by atoms with Gasteiger partial charge in [-0.25, -0.2) is 4.39 Å². The first-order chi connectivity index (χ1) is 15.0. The van der Waals surface area contributed by atoms with Crippen LogP contribution in [0.25, 0.3) is 10.9 Å². The third-order valence-electron chi connectivity index (χ3n) is 5.13. The number of hydrogen-bond acceptors (Lipinski definition) is 3. The standard InChI is InChI=1S/C24H22FN3O3/c1-31-20-7-4-5-17(13-20)14-26-22(29)16-28-12-10-18-9-11-27(23(18)24(28)30)15-19-6-2-3-8-21(19)25/h2-13H,14-16H2,1H3,(H,26,29). The molecular weight excluding hydrogens is 397 g/mol. The van der Waals surface area contributed by atoms with Crippen molar-refractivity contribution in [3.63, 3.8) is 0 Å². The second-order valence-electron chi connectivity index (χ2n) is 7.22. The number of fused-ring (bicyclic) bond motifs is 1. The highest BCUT2D eigenvalue weighted by Gasteiger charge is 2.12. The normalized spacial score (nSPS) is 10.9. The lowest BCUT2D eigenvalue weighted by Crippen LogP contribution is -2.32. The number of aromatic nitrogens is 2. The molecule has 0 saturated heterocycles. The monoisotopic (exact) mass is 419 g/mol. The average Bonchev–Trinajstić information content (AvgIpc) is 3.19. The Morgan fingerprint density at radius 2 is 1.81 bits per heavy atom. The Labute approximate surface area is 178 Å². The first-order valence-corrected chi connectivity index (χ1v) is 9.86. The van der Waals surface area contributed by atoms with Crippen LogP contribution in [0.5, 0.6) is 5.75 Å². The number of methoxy groups -OCH3 is 1. The van der Waals surface area contributed by atoms with Crippen molar-refractivity contribution in [3.8, 4) is 5.75 Å². The predicted molar refractivity (Wildman–Crippen MR) is 117 cm³/mol. The van der Waals surface area contributed by atoms with Gasteiger partial charge < -0.3 is 19.2 Å². The van der Waals surface area contributed by atoms with Gasteiger partial charge in [0, 0.05) is 29.9 Å². The molecule has 0 aliphatic heterocycles. The molecule has 0 aliphatic rings. The molecule has 0 radical (unpaired) electrons. The molecule has 6 nitrogen and oxygen atoms in total. The quantitative estimate of drug-likeness (QED) is 0.500. The van der Waals surface area contributed by atoms with Gasteiger partial charge in [0.15, 0.2) is 0 Å². The second-order valence-corrected chi connectivity index (χ2v) is 7.22. The van der Waals surface area contributed by atoms with Gasteiger partial charge in [-0.2, -0.15) is 0 Å². The zero-order valence-corrected chi connectivity index (χ0v) is 17.0. The van der Waals surface area contributed by atoms with Crippen LogP contribution in [-0.2, 0) is 24.4 Å². The fourth-order valence-electron chi connectivity index (χ4n) is 3.50. The molecule has 2 heterocycles. The molecule has 4 rings (SSSR count). The number of hydrogen-bond donors (Lipinski definition) is 1. The van der Waals surface area contributed by atoms with Gasteiger partial charge >= 0.3 is 0 Å². The van der Waals surface area contributed by atoms with Crippen LogP contribution in [0.4, 0.5) is 4.39 Å². The summed E-state index contributed by atoms with van der Waals surface area (Å²) < 4.78 is 22.3. The van der Waals surface area contributed by atoms with Gasteiger partial charge in [-0.1, -0.05) is 30.3 Å². The van der Waals surface area contributed by atoms with E-state index in [4.69, 9.17) is 4.74 Å². The van der Waals surface area contributed by atoms with Crippen molar-refractivity contribution in [2.45, 2.75) is 19.6 Å². The molecule has 0 atom stereocenters. The van der Waals surface area contributed by atoms with Crippen LogP contribution in [-0.4, -0.2) is 22.2 Å². The smallest absolute Gasteiger partial charge is 0.275 e. The summed E-state index contributed by atoms with van der Waals surface area (Å²) in [4.78, 5) is 25.5. The van der Waals surface area contributed by atoms with Crippen molar-refractivity contribution in [2.24, 2.45) is 0 Å². The number of rotatable bonds is 7. The van der Waals surface area contributed by atoms with Crippen molar-refractivity contribution in [1.82, 2.24) is 14.5 Å². The van der Waals surface area contributed by atoms with E-state index in [-0.39, 0.29) is 30.4 Å². The Morgan fingerprint density at radius 1 is 1.03 bits per heavy atom. The molecule has 1 amide bonds. The zero-order valence-electron chi connectivity index (χ0n) is 17.0. The molecule has 0 saturated carbocycles. The van der Waals surface area contributed by atoms with E-state index in [1.165, 1.54) is 10.6 Å². The van der Waals surface area contributed by atoms with E-state index in [2.05, 4.69) is 5.32 Å². The highest BCUT2D eigenvalue weighted by atomic mass is 19.1. The molecule has 0 bridgehead atoms. The number of halogens is 1. The van der Waals surface area contributed by atoms with E-state index in [0.29, 0.717) is 23.4 Å². The number of benzene rings is 2. The summed E-state index contributed by atoms with van der Waals surface area (Å²) in [5.41, 5.74) is 1.53. The fourth-order valence-corrected chi connectivity index (χ4v) is 3.50. The summed E-state index contributed by atoms with van der Waals surface area (Å²) in [7, 11) is 1.59. The molecule has 158 valence electrons. The van der Waals surface area contributed by atoms with Crippen molar-refractivity contribution >= 4 is 16.8 Å². The minimum absolute atomic E-state index is 0.108. The van der Waals surface area contributed by atoms with Gasteiger partial charge in [0.05, 0.1) is 13.7 Å². The number of amides is 1. The lowest BCUT2D eigenvalue weighted by Gasteiger charge is -2.10. The molecular formula is C24H22FN3O3. The Kier molecular flexibility index (Phi) is 5.84. The maximum absolute atomic E-state index is 14.0. The van der Waals surface area contributed by atoms with E-state index < -0.39 is 0 Å². The first kappa shape index (κ1) is 20.4. The Morgan fingerprint density at radius 3 is 2.58 bits per heavy atom. The van der Waals surface area contributed by atoms with Crippen LogP contribution in [0, 0.1) is 5.82 Å². The molecule has 0 aliphatic carbocycles. The predicted octanol–water partition coefficient (Wildman–Crippen LogP) is 3.32. The Balaban J connectivity index is 1.51. The number of pyridine rings is 1. The number of ether oxygens (including phenoxy) is 1. The van der Waals surface area contributed by atoms with Crippen LogP contribution in [0.3, 0.4) is 0 Å². The summed E-state index contributed by atoms with van der Waals surface area (Å²) in [5, 5.41) is 3.56. The van der Waals surface area contributed by atoms with Crippen LogP contribution in [0.15, 0.2) is 77.9 Å². The van der Waals surface area contributed by atoms with E-state index in [1.54, 1.807) is 48.3 Å². The SMILES string of the molecule is COc1cccc(CNC(=O)Cn2ccc3ccn(Cc4ccccc4F)c3c2=O)c1. The van der Waals surface area contributed by atoms with Crippen LogP contribution in [0.2, 0.25) is 0 Å². The lowest BCUT2D eigenvalue weighted by atomic mass is 10.2. The topological polar surface area (TPSA) is 65.3 Å². The summed E-state index contributed by atoms with van der Waals surface area (Å²) in [6.45, 7) is 0.456. The highest BCUT2D eigenvalue weighted by Crippen LogP contribution is 2.16. The molecule has 1 N–H and O–H groups in total. The van der Waals surface area contributed by atoms with Gasteiger partial charge in [0.1, 0.15) is 23.6 Å². The van der Waals surface area contributed by atoms with Crippen LogP contribution >= 0.6 is 0 Å². The van der Waals surface area contributed by atoms with Gasteiger partial charge in [-0.3, -0.25) is 9.59 Å². The van der Waals surface area contributed by atoms with Crippen molar-refractivity contribution in [3.05, 3.63) is 100 Å².